The molecule has 1 fully saturated rings. The number of allylic oxidation sites excluding steroid dienone is 2. The van der Waals surface area contributed by atoms with Gasteiger partial charge in [-0.2, -0.15) is 5.26 Å². The predicted octanol–water partition coefficient (Wildman–Crippen LogP) is 4.64. The van der Waals surface area contributed by atoms with Crippen LogP contribution in [0.5, 0.6) is 0 Å². The highest BCUT2D eigenvalue weighted by Gasteiger charge is 2.19. The SMILES string of the molecule is N#C/C=C/[C@H]1CC[C@H](CCc2ccc(F)cc2)CC1. The minimum Gasteiger partial charge on any atom is -0.207 e. The van der Waals surface area contributed by atoms with Crippen LogP contribution in [0.2, 0.25) is 0 Å². The van der Waals surface area contributed by atoms with Gasteiger partial charge in [-0.3, -0.25) is 0 Å². The number of hydrogen-bond donors (Lipinski definition) is 0. The van der Waals surface area contributed by atoms with Crippen molar-refractivity contribution in [2.45, 2.75) is 38.5 Å². The highest BCUT2D eigenvalue weighted by atomic mass is 19.1. The van der Waals surface area contributed by atoms with Crippen molar-refractivity contribution in [2.75, 3.05) is 0 Å². The van der Waals surface area contributed by atoms with E-state index in [0.29, 0.717) is 5.92 Å². The summed E-state index contributed by atoms with van der Waals surface area (Å²) in [6.45, 7) is 0. The molecular weight excluding hydrogens is 237 g/mol. The molecule has 0 amide bonds. The number of halogens is 1. The van der Waals surface area contributed by atoms with Gasteiger partial charge in [-0.25, -0.2) is 4.39 Å². The zero-order valence-corrected chi connectivity index (χ0v) is 11.2. The average molecular weight is 257 g/mol. The Morgan fingerprint density at radius 2 is 1.84 bits per heavy atom. The van der Waals surface area contributed by atoms with Crippen molar-refractivity contribution < 1.29 is 4.39 Å². The summed E-state index contributed by atoms with van der Waals surface area (Å²) in [4.78, 5) is 0. The monoisotopic (exact) mass is 257 g/mol. The summed E-state index contributed by atoms with van der Waals surface area (Å²) in [5.74, 6) is 1.23. The Morgan fingerprint density at radius 1 is 1.16 bits per heavy atom. The molecule has 0 bridgehead atoms. The van der Waals surface area contributed by atoms with Crippen LogP contribution >= 0.6 is 0 Å². The summed E-state index contributed by atoms with van der Waals surface area (Å²) in [5, 5.41) is 8.52. The third kappa shape index (κ3) is 4.52. The van der Waals surface area contributed by atoms with Gasteiger partial charge >= 0.3 is 0 Å². The second-order valence-electron chi connectivity index (χ2n) is 5.43. The van der Waals surface area contributed by atoms with Gasteiger partial charge < -0.3 is 0 Å². The zero-order valence-electron chi connectivity index (χ0n) is 11.2. The third-order valence-electron chi connectivity index (χ3n) is 4.09. The molecule has 2 heteroatoms. The van der Waals surface area contributed by atoms with E-state index in [9.17, 15) is 4.39 Å². The average Bonchev–Trinajstić information content (AvgIpc) is 2.46. The van der Waals surface area contributed by atoms with Crippen LogP contribution in [-0.2, 0) is 6.42 Å². The Morgan fingerprint density at radius 3 is 2.47 bits per heavy atom. The molecule has 0 saturated heterocycles. The van der Waals surface area contributed by atoms with Crippen LogP contribution in [-0.4, -0.2) is 0 Å². The molecule has 1 nitrogen and oxygen atoms in total. The third-order valence-corrected chi connectivity index (χ3v) is 4.09. The van der Waals surface area contributed by atoms with Gasteiger partial charge in [0.1, 0.15) is 5.82 Å². The Bertz CT molecular complexity index is 447. The van der Waals surface area contributed by atoms with Gasteiger partial charge in [-0.1, -0.05) is 18.2 Å². The summed E-state index contributed by atoms with van der Waals surface area (Å²) in [6.07, 6.45) is 10.8. The lowest BCUT2D eigenvalue weighted by molar-refractivity contribution is 0.296. The van der Waals surface area contributed by atoms with Crippen molar-refractivity contribution in [3.8, 4) is 6.07 Å². The van der Waals surface area contributed by atoms with Gasteiger partial charge in [0, 0.05) is 6.08 Å². The highest BCUT2D eigenvalue weighted by molar-refractivity contribution is 5.16. The number of nitrogens with zero attached hydrogens (tertiary/aromatic N) is 1. The standard InChI is InChI=1S/C17H20FN/c18-17-11-9-16(10-12-17)8-7-15-5-3-14(4-6-15)2-1-13-19/h1-2,9-12,14-15H,3-8H2/b2-1+/t14-,15-. The minimum absolute atomic E-state index is 0.159. The van der Waals surface area contributed by atoms with E-state index in [1.165, 1.54) is 37.7 Å². The topological polar surface area (TPSA) is 23.8 Å². The van der Waals surface area contributed by atoms with Gasteiger partial charge in [0.15, 0.2) is 0 Å². The van der Waals surface area contributed by atoms with E-state index in [4.69, 9.17) is 5.26 Å². The summed E-state index contributed by atoms with van der Waals surface area (Å²) in [7, 11) is 0. The lowest BCUT2D eigenvalue weighted by Crippen LogP contribution is -2.13. The lowest BCUT2D eigenvalue weighted by Gasteiger charge is -2.26. The second kappa shape index (κ2) is 7.09. The molecule has 1 saturated carbocycles. The van der Waals surface area contributed by atoms with E-state index in [-0.39, 0.29) is 5.82 Å². The van der Waals surface area contributed by atoms with E-state index >= 15 is 0 Å². The molecule has 0 spiro atoms. The first-order valence-corrected chi connectivity index (χ1v) is 7.08. The van der Waals surface area contributed by atoms with Crippen molar-refractivity contribution in [3.63, 3.8) is 0 Å². The van der Waals surface area contributed by atoms with Crippen LogP contribution in [0.25, 0.3) is 0 Å². The highest BCUT2D eigenvalue weighted by Crippen LogP contribution is 2.32. The molecule has 2 rings (SSSR count). The molecule has 0 unspecified atom stereocenters. The first-order chi connectivity index (χ1) is 9.28. The molecule has 0 aromatic heterocycles. The van der Waals surface area contributed by atoms with Crippen LogP contribution in [0.1, 0.15) is 37.7 Å². The summed E-state index contributed by atoms with van der Waals surface area (Å²) in [6, 6.07) is 8.92. The maximum atomic E-state index is 12.8. The maximum Gasteiger partial charge on any atom is 0.123 e. The molecule has 1 aromatic rings. The molecule has 19 heavy (non-hydrogen) atoms. The number of hydrogen-bond acceptors (Lipinski definition) is 1. The van der Waals surface area contributed by atoms with Crippen LogP contribution in [0.15, 0.2) is 36.4 Å². The number of aryl methyl sites for hydroxylation is 1. The normalized spacial score (nSPS) is 23.4. The minimum atomic E-state index is -0.159. The Balaban J connectivity index is 1.73. The fraction of sp³-hybridized carbons (Fsp3) is 0.471. The van der Waals surface area contributed by atoms with Gasteiger partial charge in [0.05, 0.1) is 6.07 Å². The quantitative estimate of drug-likeness (QED) is 0.720. The molecule has 1 aliphatic carbocycles. The van der Waals surface area contributed by atoms with E-state index < -0.39 is 0 Å². The fourth-order valence-corrected chi connectivity index (χ4v) is 2.87. The van der Waals surface area contributed by atoms with Gasteiger partial charge in [-0.05, 0) is 68.1 Å². The smallest absolute Gasteiger partial charge is 0.123 e. The summed E-state index contributed by atoms with van der Waals surface area (Å²) in [5.41, 5.74) is 1.23. The van der Waals surface area contributed by atoms with Gasteiger partial charge in [0.25, 0.3) is 0 Å². The summed E-state index contributed by atoms with van der Waals surface area (Å²) < 4.78 is 12.8. The van der Waals surface area contributed by atoms with Crippen LogP contribution in [0.3, 0.4) is 0 Å². The zero-order chi connectivity index (χ0) is 13.5. The van der Waals surface area contributed by atoms with E-state index in [1.54, 1.807) is 18.2 Å². The number of rotatable bonds is 4. The van der Waals surface area contributed by atoms with E-state index in [0.717, 1.165) is 12.3 Å². The molecule has 100 valence electrons. The Kier molecular flexibility index (Phi) is 5.15. The number of nitriles is 1. The van der Waals surface area contributed by atoms with Crippen molar-refractivity contribution in [2.24, 2.45) is 11.8 Å². The van der Waals surface area contributed by atoms with Crippen LogP contribution < -0.4 is 0 Å². The summed E-state index contributed by atoms with van der Waals surface area (Å²) >= 11 is 0. The Labute approximate surface area is 114 Å². The molecule has 0 radical (unpaired) electrons. The molecule has 0 N–H and O–H groups in total. The second-order valence-corrected chi connectivity index (χ2v) is 5.43. The molecule has 1 aliphatic rings. The molecule has 0 heterocycles. The van der Waals surface area contributed by atoms with Crippen molar-refractivity contribution >= 4 is 0 Å². The number of benzene rings is 1. The van der Waals surface area contributed by atoms with Crippen molar-refractivity contribution in [3.05, 3.63) is 47.8 Å². The van der Waals surface area contributed by atoms with Gasteiger partial charge in [-0.15, -0.1) is 0 Å². The molecular formula is C17H20FN. The first-order valence-electron chi connectivity index (χ1n) is 7.08. The fourth-order valence-electron chi connectivity index (χ4n) is 2.87. The van der Waals surface area contributed by atoms with Gasteiger partial charge in [0.2, 0.25) is 0 Å². The van der Waals surface area contributed by atoms with E-state index in [1.807, 2.05) is 12.1 Å². The first kappa shape index (κ1) is 13.8. The largest absolute Gasteiger partial charge is 0.207 e. The molecule has 0 aliphatic heterocycles. The maximum absolute atomic E-state index is 12.8. The van der Waals surface area contributed by atoms with Crippen LogP contribution in [0.4, 0.5) is 4.39 Å². The van der Waals surface area contributed by atoms with Crippen LogP contribution in [0, 0.1) is 29.0 Å². The lowest BCUT2D eigenvalue weighted by atomic mass is 9.79. The van der Waals surface area contributed by atoms with E-state index in [2.05, 4.69) is 12.1 Å². The Hall–Kier alpha value is -1.62. The molecule has 1 aromatic carbocycles. The van der Waals surface area contributed by atoms with Crippen molar-refractivity contribution in [1.29, 1.82) is 5.26 Å². The molecule has 0 atom stereocenters. The van der Waals surface area contributed by atoms with Crippen molar-refractivity contribution in [1.82, 2.24) is 0 Å². The predicted molar refractivity (Wildman–Crippen MR) is 74.9 cm³/mol.